The molecule has 1 aromatic carbocycles. The lowest BCUT2D eigenvalue weighted by atomic mass is 10.1. The Morgan fingerprint density at radius 2 is 2.00 bits per heavy atom. The number of ketones is 1. The van der Waals surface area contributed by atoms with Crippen LogP contribution in [0.3, 0.4) is 0 Å². The van der Waals surface area contributed by atoms with Gasteiger partial charge in [-0.1, -0.05) is 0 Å². The van der Waals surface area contributed by atoms with Crippen LogP contribution < -0.4 is 5.32 Å². The maximum atomic E-state index is 11.8. The summed E-state index contributed by atoms with van der Waals surface area (Å²) in [6.45, 7) is 1.18. The number of carbonyl (C=O) groups excluding carboxylic acids is 2. The Balaban J connectivity index is 2.34. The Kier molecular flexibility index (Phi) is 3.21. The van der Waals surface area contributed by atoms with Crippen molar-refractivity contribution in [1.82, 2.24) is 0 Å². The molecule has 0 atom stereocenters. The summed E-state index contributed by atoms with van der Waals surface area (Å²) in [4.78, 5) is 22.4. The van der Waals surface area contributed by atoms with Crippen molar-refractivity contribution >= 4 is 27.2 Å². The second kappa shape index (κ2) is 4.53. The highest BCUT2D eigenvalue weighted by Crippen LogP contribution is 2.27. The van der Waals surface area contributed by atoms with E-state index in [1.54, 1.807) is 6.07 Å². The van der Waals surface area contributed by atoms with Crippen LogP contribution >= 0.6 is 0 Å². The summed E-state index contributed by atoms with van der Waals surface area (Å²) in [5.41, 5.74) is 1.15. The van der Waals surface area contributed by atoms with E-state index in [2.05, 4.69) is 5.32 Å². The van der Waals surface area contributed by atoms with E-state index in [9.17, 15) is 18.0 Å². The van der Waals surface area contributed by atoms with E-state index >= 15 is 0 Å². The first-order chi connectivity index (χ1) is 8.40. The average molecular weight is 267 g/mol. The quantitative estimate of drug-likeness (QED) is 0.808. The lowest BCUT2D eigenvalue weighted by Crippen LogP contribution is -2.21. The summed E-state index contributed by atoms with van der Waals surface area (Å²) < 4.78 is 23.5. The summed E-state index contributed by atoms with van der Waals surface area (Å²) in [6.07, 6.45) is 1.25. The van der Waals surface area contributed by atoms with E-state index in [-0.39, 0.29) is 5.75 Å². The molecule has 6 heteroatoms. The lowest BCUT2D eigenvalue weighted by molar-refractivity contribution is -0.133. The molecule has 1 amide bonds. The van der Waals surface area contributed by atoms with Crippen molar-refractivity contribution in [2.24, 2.45) is 0 Å². The molecule has 96 valence electrons. The second-order valence-electron chi connectivity index (χ2n) is 4.26. The summed E-state index contributed by atoms with van der Waals surface area (Å²) in [7, 11) is -3.18. The number of anilines is 1. The minimum absolute atomic E-state index is 0.166. The number of sulfone groups is 1. The van der Waals surface area contributed by atoms with Gasteiger partial charge in [-0.25, -0.2) is 8.42 Å². The number of benzene rings is 1. The van der Waals surface area contributed by atoms with E-state index in [4.69, 9.17) is 0 Å². The minimum atomic E-state index is -3.18. The van der Waals surface area contributed by atoms with Crippen molar-refractivity contribution < 1.29 is 18.0 Å². The van der Waals surface area contributed by atoms with Gasteiger partial charge in [0.1, 0.15) is 0 Å². The highest BCUT2D eigenvalue weighted by molar-refractivity contribution is 7.91. The number of carbonyl (C=O) groups is 2. The van der Waals surface area contributed by atoms with Crippen LogP contribution in [0.2, 0.25) is 0 Å². The van der Waals surface area contributed by atoms with Gasteiger partial charge >= 0.3 is 0 Å². The molecule has 0 saturated heterocycles. The number of hydrogen-bond acceptors (Lipinski definition) is 4. The molecule has 1 heterocycles. The van der Waals surface area contributed by atoms with E-state index in [1.807, 2.05) is 0 Å². The fraction of sp³-hybridized carbons (Fsp3) is 0.333. The van der Waals surface area contributed by atoms with Crippen molar-refractivity contribution in [3.05, 3.63) is 23.8 Å². The van der Waals surface area contributed by atoms with Crippen molar-refractivity contribution in [1.29, 1.82) is 0 Å². The summed E-state index contributed by atoms with van der Waals surface area (Å²) >= 11 is 0. The number of Topliss-reactive ketones (excluding diaryl/α,β-unsaturated/α-hetero) is 1. The predicted molar refractivity (Wildman–Crippen MR) is 66.1 cm³/mol. The van der Waals surface area contributed by atoms with Crippen molar-refractivity contribution in [2.75, 3.05) is 11.1 Å². The molecule has 0 fully saturated rings. The van der Waals surface area contributed by atoms with Crippen LogP contribution in [-0.4, -0.2) is 25.9 Å². The van der Waals surface area contributed by atoms with Crippen LogP contribution in [-0.2, 0) is 25.8 Å². The zero-order valence-corrected chi connectivity index (χ0v) is 10.7. The number of nitrogens with one attached hydrogen (secondary N) is 1. The summed E-state index contributed by atoms with van der Waals surface area (Å²) in [6, 6.07) is 4.61. The van der Waals surface area contributed by atoms with Crippen molar-refractivity contribution in [2.45, 2.75) is 24.7 Å². The monoisotopic (exact) mass is 267 g/mol. The molecule has 1 aliphatic heterocycles. The summed E-state index contributed by atoms with van der Waals surface area (Å²) in [5, 5.41) is 2.44. The van der Waals surface area contributed by atoms with Crippen LogP contribution in [0.5, 0.6) is 0 Å². The zero-order valence-electron chi connectivity index (χ0n) is 9.89. The van der Waals surface area contributed by atoms with Crippen molar-refractivity contribution in [3.63, 3.8) is 0 Å². The molecule has 0 saturated carbocycles. The first-order valence-corrected chi connectivity index (χ1v) is 7.23. The maximum absolute atomic E-state index is 11.8. The molecule has 2 rings (SSSR count). The van der Waals surface area contributed by atoms with Gasteiger partial charge in [-0.05, 0) is 36.6 Å². The number of hydrogen-bond donors (Lipinski definition) is 1. The number of fused-ring (bicyclic) bond motifs is 1. The Hall–Kier alpha value is -1.69. The Bertz CT molecular complexity index is 619. The van der Waals surface area contributed by atoms with Gasteiger partial charge < -0.3 is 5.32 Å². The van der Waals surface area contributed by atoms with Crippen LogP contribution in [0.25, 0.3) is 0 Å². The van der Waals surface area contributed by atoms with Crippen LogP contribution in [0.15, 0.2) is 23.1 Å². The molecule has 1 N–H and O–H groups in total. The Morgan fingerprint density at radius 3 is 2.67 bits per heavy atom. The highest BCUT2D eigenvalue weighted by atomic mass is 32.2. The fourth-order valence-corrected chi connectivity index (χ4v) is 3.52. The Labute approximate surface area is 105 Å². The van der Waals surface area contributed by atoms with Gasteiger partial charge in [0.05, 0.1) is 10.6 Å². The molecule has 18 heavy (non-hydrogen) atoms. The SMILES string of the molecule is CC(=O)C(=O)Nc1ccc2c(c1)CCCS2(=O)=O. The highest BCUT2D eigenvalue weighted by Gasteiger charge is 2.23. The third-order valence-electron chi connectivity index (χ3n) is 2.83. The molecule has 0 spiro atoms. The maximum Gasteiger partial charge on any atom is 0.291 e. The smallest absolute Gasteiger partial charge is 0.291 e. The van der Waals surface area contributed by atoms with Crippen LogP contribution in [0.1, 0.15) is 18.9 Å². The van der Waals surface area contributed by atoms with E-state index in [0.29, 0.717) is 29.0 Å². The molecule has 0 unspecified atom stereocenters. The molecule has 0 aliphatic carbocycles. The van der Waals surface area contributed by atoms with Gasteiger partial charge in [0.25, 0.3) is 5.91 Å². The van der Waals surface area contributed by atoms with E-state index in [0.717, 1.165) is 0 Å². The van der Waals surface area contributed by atoms with Crippen LogP contribution in [0, 0.1) is 0 Å². The number of amides is 1. The summed E-state index contributed by atoms with van der Waals surface area (Å²) in [5.74, 6) is -1.12. The predicted octanol–water partition coefficient (Wildman–Crippen LogP) is 0.934. The topological polar surface area (TPSA) is 80.3 Å². The second-order valence-corrected chi connectivity index (χ2v) is 6.33. The molecule has 0 radical (unpaired) electrons. The van der Waals surface area contributed by atoms with Gasteiger partial charge in [0.15, 0.2) is 9.84 Å². The largest absolute Gasteiger partial charge is 0.319 e. The normalized spacial score (nSPS) is 16.7. The first-order valence-electron chi connectivity index (χ1n) is 5.58. The standard InChI is InChI=1S/C12H13NO4S/c1-8(14)12(15)13-10-4-5-11-9(7-10)3-2-6-18(11,16)17/h4-5,7H,2-3,6H2,1H3,(H,13,15). The van der Waals surface area contributed by atoms with Gasteiger partial charge in [0.2, 0.25) is 5.78 Å². The Morgan fingerprint density at radius 1 is 1.28 bits per heavy atom. The first kappa shape index (κ1) is 12.8. The molecular weight excluding hydrogens is 254 g/mol. The number of rotatable bonds is 2. The molecule has 1 aliphatic rings. The number of aryl methyl sites for hydroxylation is 1. The molecule has 1 aromatic rings. The molecular formula is C12H13NO4S. The molecule has 5 nitrogen and oxygen atoms in total. The van der Waals surface area contributed by atoms with Gasteiger partial charge in [-0.2, -0.15) is 0 Å². The van der Waals surface area contributed by atoms with Gasteiger partial charge in [-0.3, -0.25) is 9.59 Å². The fourth-order valence-electron chi connectivity index (χ4n) is 1.94. The minimum Gasteiger partial charge on any atom is -0.319 e. The van der Waals surface area contributed by atoms with E-state index < -0.39 is 21.5 Å². The lowest BCUT2D eigenvalue weighted by Gasteiger charge is -2.17. The third kappa shape index (κ3) is 2.43. The van der Waals surface area contributed by atoms with E-state index in [1.165, 1.54) is 19.1 Å². The third-order valence-corrected chi connectivity index (χ3v) is 4.73. The van der Waals surface area contributed by atoms with Crippen LogP contribution in [0.4, 0.5) is 5.69 Å². The zero-order chi connectivity index (χ0) is 13.3. The van der Waals surface area contributed by atoms with Gasteiger partial charge in [-0.15, -0.1) is 0 Å². The van der Waals surface area contributed by atoms with Crippen molar-refractivity contribution in [3.8, 4) is 0 Å². The average Bonchev–Trinajstić information content (AvgIpc) is 2.28. The molecule has 0 bridgehead atoms. The molecule has 0 aromatic heterocycles. The van der Waals surface area contributed by atoms with Gasteiger partial charge in [0, 0.05) is 12.6 Å².